The van der Waals surface area contributed by atoms with Crippen LogP contribution >= 0.6 is 0 Å². The van der Waals surface area contributed by atoms with E-state index in [1.54, 1.807) is 42.7 Å². The van der Waals surface area contributed by atoms with Crippen molar-refractivity contribution in [3.05, 3.63) is 125 Å². The molecular weight excluding hydrogens is 428 g/mol. The maximum absolute atomic E-state index is 13.1. The third kappa shape index (κ3) is 4.26. The molecule has 1 aromatic heterocycles. The summed E-state index contributed by atoms with van der Waals surface area (Å²) >= 11 is 0. The summed E-state index contributed by atoms with van der Waals surface area (Å²) in [6.07, 6.45) is 2.93. The maximum atomic E-state index is 13.1. The molecule has 1 amide bonds. The van der Waals surface area contributed by atoms with E-state index in [0.29, 0.717) is 22.6 Å². The Morgan fingerprint density at radius 2 is 1.65 bits per heavy atom. The molecule has 0 saturated carbocycles. The lowest BCUT2D eigenvalue weighted by atomic mass is 9.89. The molecule has 1 aliphatic heterocycles. The zero-order valence-corrected chi connectivity index (χ0v) is 18.3. The number of nitrogens with two attached hydrogens (primary N) is 1. The smallest absolute Gasteiger partial charge is 0.248 e. The minimum absolute atomic E-state index is 0.0340. The number of rotatable bonds is 6. The minimum Gasteiger partial charge on any atom is -0.492 e. The topological polar surface area (TPSA) is 91.5 Å². The Bertz CT molecular complexity index is 1320. The largest absolute Gasteiger partial charge is 0.492 e. The summed E-state index contributed by atoms with van der Waals surface area (Å²) in [7, 11) is 0. The molecule has 0 fully saturated rings. The van der Waals surface area contributed by atoms with Crippen molar-refractivity contribution >= 4 is 11.7 Å². The third-order valence-corrected chi connectivity index (χ3v) is 5.90. The molecule has 1 aliphatic rings. The molecule has 34 heavy (non-hydrogen) atoms. The van der Waals surface area contributed by atoms with Crippen LogP contribution in [-0.4, -0.2) is 23.3 Å². The van der Waals surface area contributed by atoms with Gasteiger partial charge >= 0.3 is 0 Å². The number of carbonyl (C=O) groups excluding carboxylic acids is 2. The van der Waals surface area contributed by atoms with Gasteiger partial charge in [-0.25, -0.2) is 0 Å². The van der Waals surface area contributed by atoms with Crippen LogP contribution in [0.25, 0.3) is 0 Å². The summed E-state index contributed by atoms with van der Waals surface area (Å²) in [5.41, 5.74) is 9.01. The second kappa shape index (κ2) is 9.19. The lowest BCUT2D eigenvalue weighted by molar-refractivity contribution is 0.0895. The summed E-state index contributed by atoms with van der Waals surface area (Å²) in [4.78, 5) is 28.7. The van der Waals surface area contributed by atoms with Gasteiger partial charge < -0.3 is 15.2 Å². The number of pyridine rings is 1. The van der Waals surface area contributed by atoms with Crippen molar-refractivity contribution < 1.29 is 19.1 Å². The molecule has 5 rings (SSSR count). The Morgan fingerprint density at radius 3 is 2.35 bits per heavy atom. The van der Waals surface area contributed by atoms with Gasteiger partial charge in [0, 0.05) is 24.0 Å². The Morgan fingerprint density at radius 1 is 0.941 bits per heavy atom. The first kappa shape index (κ1) is 21.4. The minimum atomic E-state index is -0.488. The molecule has 0 spiro atoms. The van der Waals surface area contributed by atoms with Crippen LogP contribution in [0.15, 0.2) is 97.3 Å². The summed E-state index contributed by atoms with van der Waals surface area (Å²) < 4.78 is 12.3. The molecule has 0 aliphatic carbocycles. The first-order chi connectivity index (χ1) is 16.6. The lowest BCUT2D eigenvalue weighted by Gasteiger charge is -2.26. The Kier molecular flexibility index (Phi) is 5.79. The van der Waals surface area contributed by atoms with E-state index in [1.807, 2.05) is 54.6 Å². The molecule has 3 aromatic carbocycles. The van der Waals surface area contributed by atoms with Gasteiger partial charge in [0.1, 0.15) is 24.2 Å². The zero-order valence-electron chi connectivity index (χ0n) is 18.3. The van der Waals surface area contributed by atoms with Gasteiger partial charge in [0.25, 0.3) is 0 Å². The number of aromatic nitrogens is 1. The molecule has 2 atom stereocenters. The van der Waals surface area contributed by atoms with Gasteiger partial charge in [-0.15, -0.1) is 0 Å². The summed E-state index contributed by atoms with van der Waals surface area (Å²) in [6, 6.07) is 25.6. The van der Waals surface area contributed by atoms with Crippen LogP contribution in [0, 0.1) is 0 Å². The quantitative estimate of drug-likeness (QED) is 0.459. The fourth-order valence-electron chi connectivity index (χ4n) is 4.09. The molecule has 6 nitrogen and oxygen atoms in total. The van der Waals surface area contributed by atoms with E-state index in [0.717, 1.165) is 16.7 Å². The van der Waals surface area contributed by atoms with Crippen molar-refractivity contribution in [3.63, 3.8) is 0 Å². The fourth-order valence-corrected chi connectivity index (χ4v) is 4.09. The Balaban J connectivity index is 1.44. The van der Waals surface area contributed by atoms with Crippen molar-refractivity contribution in [1.82, 2.24) is 4.98 Å². The second-order valence-electron chi connectivity index (χ2n) is 8.06. The molecule has 2 unspecified atom stereocenters. The number of Topliss-reactive ketones (excluding diaryl/α,β-unsaturated/α-hetero) is 1. The van der Waals surface area contributed by atoms with Gasteiger partial charge in [-0.2, -0.15) is 0 Å². The van der Waals surface area contributed by atoms with E-state index in [1.165, 1.54) is 0 Å². The van der Waals surface area contributed by atoms with Crippen LogP contribution in [0.5, 0.6) is 11.5 Å². The standard InChI is InChI=1S/C28H22N2O4/c29-28(32)21-8-6-19(7-9-21)27(20-12-14-30-15-13-20)34-22-10-11-23-25(16-22)33-17-24(26(23)31)18-4-2-1-3-5-18/h1-16,24,27H,17H2,(H2,29,32). The van der Waals surface area contributed by atoms with E-state index < -0.39 is 12.0 Å². The molecule has 6 heteroatoms. The van der Waals surface area contributed by atoms with Crippen molar-refractivity contribution in [1.29, 1.82) is 0 Å². The number of hydrogen-bond acceptors (Lipinski definition) is 5. The molecule has 4 aromatic rings. The van der Waals surface area contributed by atoms with E-state index in [4.69, 9.17) is 15.2 Å². The van der Waals surface area contributed by atoms with E-state index in [2.05, 4.69) is 4.98 Å². The van der Waals surface area contributed by atoms with Crippen LogP contribution in [0.2, 0.25) is 0 Å². The number of amides is 1. The molecular formula is C28H22N2O4. The van der Waals surface area contributed by atoms with Gasteiger partial charge in [0.2, 0.25) is 5.91 Å². The van der Waals surface area contributed by atoms with Crippen LogP contribution < -0.4 is 15.2 Å². The second-order valence-corrected chi connectivity index (χ2v) is 8.06. The predicted molar refractivity (Wildman–Crippen MR) is 127 cm³/mol. The number of primary amides is 1. The average Bonchev–Trinajstić information content (AvgIpc) is 2.88. The number of carbonyl (C=O) groups is 2. The fraction of sp³-hybridized carbons (Fsp3) is 0.107. The third-order valence-electron chi connectivity index (χ3n) is 5.90. The van der Waals surface area contributed by atoms with Crippen molar-refractivity contribution in [2.75, 3.05) is 6.61 Å². The number of hydrogen-bond donors (Lipinski definition) is 1. The number of ketones is 1. The maximum Gasteiger partial charge on any atom is 0.248 e. The highest BCUT2D eigenvalue weighted by atomic mass is 16.5. The zero-order chi connectivity index (χ0) is 23.5. The number of fused-ring (bicyclic) bond motifs is 1. The van der Waals surface area contributed by atoms with E-state index >= 15 is 0 Å². The molecule has 2 heterocycles. The monoisotopic (exact) mass is 450 g/mol. The molecule has 0 radical (unpaired) electrons. The highest BCUT2D eigenvalue weighted by Crippen LogP contribution is 2.37. The number of ether oxygens (including phenoxy) is 2. The predicted octanol–water partition coefficient (Wildman–Crippen LogP) is 4.71. The summed E-state index contributed by atoms with van der Waals surface area (Å²) in [5.74, 6) is 0.288. The van der Waals surface area contributed by atoms with Gasteiger partial charge in [-0.3, -0.25) is 14.6 Å². The van der Waals surface area contributed by atoms with Crippen molar-refractivity contribution in [2.24, 2.45) is 5.73 Å². The lowest BCUT2D eigenvalue weighted by Crippen LogP contribution is -2.26. The van der Waals surface area contributed by atoms with Gasteiger partial charge in [0.05, 0.1) is 11.5 Å². The van der Waals surface area contributed by atoms with Crippen molar-refractivity contribution in [2.45, 2.75) is 12.0 Å². The van der Waals surface area contributed by atoms with Gasteiger partial charge in [-0.1, -0.05) is 42.5 Å². The van der Waals surface area contributed by atoms with Gasteiger partial charge in [-0.05, 0) is 53.1 Å². The van der Waals surface area contributed by atoms with Crippen LogP contribution in [-0.2, 0) is 0 Å². The average molecular weight is 450 g/mol. The van der Waals surface area contributed by atoms with Gasteiger partial charge in [0.15, 0.2) is 5.78 Å². The molecule has 0 bridgehead atoms. The van der Waals surface area contributed by atoms with E-state index in [-0.39, 0.29) is 18.3 Å². The molecule has 168 valence electrons. The van der Waals surface area contributed by atoms with E-state index in [9.17, 15) is 9.59 Å². The highest BCUT2D eigenvalue weighted by Gasteiger charge is 2.30. The highest BCUT2D eigenvalue weighted by molar-refractivity contribution is 6.04. The Hall–Kier alpha value is -4.45. The summed E-state index contributed by atoms with van der Waals surface area (Å²) in [6.45, 7) is 0.279. The normalized spacial score (nSPS) is 15.6. The molecule has 2 N–H and O–H groups in total. The Labute approximate surface area is 197 Å². The molecule has 0 saturated heterocycles. The first-order valence-electron chi connectivity index (χ1n) is 10.9. The van der Waals surface area contributed by atoms with Crippen LogP contribution in [0.4, 0.5) is 0 Å². The van der Waals surface area contributed by atoms with Crippen molar-refractivity contribution in [3.8, 4) is 11.5 Å². The SMILES string of the molecule is NC(=O)c1ccc(C(Oc2ccc3c(c2)OCC(c2ccccc2)C3=O)c2ccncc2)cc1. The van der Waals surface area contributed by atoms with Crippen LogP contribution in [0.1, 0.15) is 49.4 Å². The first-order valence-corrected chi connectivity index (χ1v) is 10.9. The van der Waals surface area contributed by atoms with Crippen LogP contribution in [0.3, 0.4) is 0 Å². The number of nitrogens with zero attached hydrogens (tertiary/aromatic N) is 1. The number of benzene rings is 3. The summed E-state index contributed by atoms with van der Waals surface area (Å²) in [5, 5.41) is 0.